The summed E-state index contributed by atoms with van der Waals surface area (Å²) in [5, 5.41) is 9.34. The summed E-state index contributed by atoms with van der Waals surface area (Å²) in [5.41, 5.74) is -0.138. The predicted molar refractivity (Wildman–Crippen MR) is 60.4 cm³/mol. The van der Waals surface area contributed by atoms with E-state index in [4.69, 9.17) is 9.47 Å². The first-order valence-corrected chi connectivity index (χ1v) is 6.48. The van der Waals surface area contributed by atoms with E-state index in [9.17, 15) is 9.90 Å². The molecule has 4 aliphatic rings. The third kappa shape index (κ3) is 1.40. The highest BCUT2D eigenvalue weighted by molar-refractivity contribution is 5.71. The van der Waals surface area contributed by atoms with Gasteiger partial charge >= 0.3 is 5.97 Å². The topological polar surface area (TPSA) is 55.8 Å². The third-order valence-corrected chi connectivity index (χ3v) is 5.19. The second-order valence-electron chi connectivity index (χ2n) is 6.21. The average Bonchev–Trinajstić information content (AvgIpc) is 2.70. The van der Waals surface area contributed by atoms with E-state index in [1.165, 1.54) is 0 Å². The number of aliphatic carboxylic acids is 1. The Kier molecular flexibility index (Phi) is 2.33. The zero-order valence-corrected chi connectivity index (χ0v) is 10.4. The van der Waals surface area contributed by atoms with E-state index in [2.05, 4.69) is 13.8 Å². The molecule has 1 heterocycles. The highest BCUT2D eigenvalue weighted by Crippen LogP contribution is 2.62. The number of carboxylic acid groups (broad SMARTS) is 1. The Morgan fingerprint density at radius 1 is 1.24 bits per heavy atom. The molecule has 1 N–H and O–H groups in total. The molecule has 0 aromatic rings. The number of fused-ring (bicyclic) bond motifs is 2. The monoisotopic (exact) mass is 240 g/mol. The van der Waals surface area contributed by atoms with Crippen LogP contribution in [-0.4, -0.2) is 30.1 Å². The standard InChI is InChI=1S/C13H20O4/c1-8-5-12(2)6-10(11(14)15)9(8)7-13(12)16-3-4-17-13/h8-10H,3-7H2,1-2H3,(H,14,15)/t8-,9-,10-,12+/m1/s1. The molecule has 0 amide bonds. The third-order valence-electron chi connectivity index (χ3n) is 5.19. The second-order valence-corrected chi connectivity index (χ2v) is 6.21. The summed E-state index contributed by atoms with van der Waals surface area (Å²) >= 11 is 0. The van der Waals surface area contributed by atoms with Crippen LogP contribution in [0.4, 0.5) is 0 Å². The normalized spacial score (nSPS) is 47.5. The van der Waals surface area contributed by atoms with Crippen molar-refractivity contribution in [1.82, 2.24) is 0 Å². The van der Waals surface area contributed by atoms with E-state index in [1.807, 2.05) is 0 Å². The number of rotatable bonds is 1. The van der Waals surface area contributed by atoms with Gasteiger partial charge < -0.3 is 14.6 Å². The maximum atomic E-state index is 11.4. The largest absolute Gasteiger partial charge is 0.481 e. The molecule has 96 valence electrons. The Hall–Kier alpha value is -0.610. The fourth-order valence-electron chi connectivity index (χ4n) is 4.38. The van der Waals surface area contributed by atoms with Gasteiger partial charge in [0.05, 0.1) is 19.1 Å². The lowest BCUT2D eigenvalue weighted by molar-refractivity contribution is -0.298. The van der Waals surface area contributed by atoms with E-state index >= 15 is 0 Å². The molecule has 1 aliphatic heterocycles. The SMILES string of the molecule is C[C@@H]1C[C@@]2(C)C[C@@H](C(=O)O)[C@@H]1CC21OCCO1. The highest BCUT2D eigenvalue weighted by atomic mass is 16.7. The van der Waals surface area contributed by atoms with Gasteiger partial charge in [0, 0.05) is 11.8 Å². The van der Waals surface area contributed by atoms with Gasteiger partial charge in [0.1, 0.15) is 0 Å². The Balaban J connectivity index is 1.96. The number of carbonyl (C=O) groups is 1. The van der Waals surface area contributed by atoms with Gasteiger partial charge in [-0.3, -0.25) is 4.79 Å². The lowest BCUT2D eigenvalue weighted by Crippen LogP contribution is -2.61. The minimum Gasteiger partial charge on any atom is -0.481 e. The molecule has 4 fully saturated rings. The Morgan fingerprint density at radius 2 is 1.88 bits per heavy atom. The van der Waals surface area contributed by atoms with Gasteiger partial charge in [-0.25, -0.2) is 0 Å². The lowest BCUT2D eigenvalue weighted by atomic mass is 9.50. The molecule has 4 heteroatoms. The van der Waals surface area contributed by atoms with Crippen LogP contribution in [0.3, 0.4) is 0 Å². The average molecular weight is 240 g/mol. The molecule has 3 aliphatic carbocycles. The van der Waals surface area contributed by atoms with E-state index in [1.54, 1.807) is 0 Å². The Morgan fingerprint density at radius 3 is 2.41 bits per heavy atom. The molecular weight excluding hydrogens is 220 g/mol. The van der Waals surface area contributed by atoms with Gasteiger partial charge in [0.25, 0.3) is 0 Å². The molecule has 0 unspecified atom stereocenters. The molecular formula is C13H20O4. The van der Waals surface area contributed by atoms with E-state index in [0.717, 1.165) is 12.8 Å². The maximum Gasteiger partial charge on any atom is 0.306 e. The van der Waals surface area contributed by atoms with Crippen molar-refractivity contribution in [2.75, 3.05) is 13.2 Å². The van der Waals surface area contributed by atoms with Gasteiger partial charge in [0.15, 0.2) is 5.79 Å². The molecule has 0 radical (unpaired) electrons. The highest BCUT2D eigenvalue weighted by Gasteiger charge is 2.64. The number of hydrogen-bond acceptors (Lipinski definition) is 3. The summed E-state index contributed by atoms with van der Waals surface area (Å²) in [5.74, 6) is -0.709. The minimum absolute atomic E-state index is 0.138. The summed E-state index contributed by atoms with van der Waals surface area (Å²) in [6.45, 7) is 5.60. The summed E-state index contributed by atoms with van der Waals surface area (Å²) < 4.78 is 11.8. The summed E-state index contributed by atoms with van der Waals surface area (Å²) in [7, 11) is 0. The van der Waals surface area contributed by atoms with E-state index < -0.39 is 11.8 Å². The van der Waals surface area contributed by atoms with Crippen LogP contribution in [0.5, 0.6) is 0 Å². The first-order chi connectivity index (χ1) is 7.97. The van der Waals surface area contributed by atoms with Crippen LogP contribution < -0.4 is 0 Å². The molecule has 0 aromatic carbocycles. The van der Waals surface area contributed by atoms with Gasteiger partial charge in [0.2, 0.25) is 0 Å². The van der Waals surface area contributed by atoms with Crippen LogP contribution >= 0.6 is 0 Å². The van der Waals surface area contributed by atoms with Gasteiger partial charge in [-0.15, -0.1) is 0 Å². The van der Waals surface area contributed by atoms with Crippen molar-refractivity contribution in [3.05, 3.63) is 0 Å². The van der Waals surface area contributed by atoms with Crippen LogP contribution in [0, 0.1) is 23.2 Å². The van der Waals surface area contributed by atoms with Crippen molar-refractivity contribution >= 4 is 5.97 Å². The second kappa shape index (κ2) is 3.45. The number of hydrogen-bond donors (Lipinski definition) is 1. The molecule has 17 heavy (non-hydrogen) atoms. The number of carboxylic acids is 1. The molecule has 2 bridgehead atoms. The maximum absolute atomic E-state index is 11.4. The summed E-state index contributed by atoms with van der Waals surface area (Å²) in [6, 6.07) is 0. The van der Waals surface area contributed by atoms with Crippen molar-refractivity contribution in [2.45, 2.75) is 38.9 Å². The van der Waals surface area contributed by atoms with Crippen molar-refractivity contribution in [2.24, 2.45) is 23.2 Å². The molecule has 0 aromatic heterocycles. The Bertz CT molecular complexity index is 347. The van der Waals surface area contributed by atoms with Crippen molar-refractivity contribution < 1.29 is 19.4 Å². The van der Waals surface area contributed by atoms with Crippen LogP contribution in [0.25, 0.3) is 0 Å². The quantitative estimate of drug-likeness (QED) is 0.760. The number of ether oxygens (including phenoxy) is 2. The fraction of sp³-hybridized carbons (Fsp3) is 0.923. The minimum atomic E-state index is -0.652. The van der Waals surface area contributed by atoms with Gasteiger partial charge in [-0.2, -0.15) is 0 Å². The zero-order chi connectivity index (χ0) is 12.3. The van der Waals surface area contributed by atoms with Gasteiger partial charge in [-0.1, -0.05) is 13.8 Å². The lowest BCUT2D eigenvalue weighted by Gasteiger charge is -2.59. The summed E-state index contributed by atoms with van der Waals surface area (Å²) in [4.78, 5) is 11.4. The predicted octanol–water partition coefficient (Wildman–Crippen LogP) is 1.89. The molecule has 4 rings (SSSR count). The van der Waals surface area contributed by atoms with Crippen LogP contribution in [0.1, 0.15) is 33.1 Å². The van der Waals surface area contributed by atoms with E-state index in [-0.39, 0.29) is 17.3 Å². The van der Waals surface area contributed by atoms with Gasteiger partial charge in [-0.05, 0) is 24.7 Å². The zero-order valence-electron chi connectivity index (χ0n) is 10.4. The fourth-order valence-corrected chi connectivity index (χ4v) is 4.38. The van der Waals surface area contributed by atoms with Crippen molar-refractivity contribution in [1.29, 1.82) is 0 Å². The van der Waals surface area contributed by atoms with Crippen molar-refractivity contribution in [3.8, 4) is 0 Å². The molecule has 4 atom stereocenters. The molecule has 4 nitrogen and oxygen atoms in total. The smallest absolute Gasteiger partial charge is 0.306 e. The first kappa shape index (κ1) is 11.5. The first-order valence-electron chi connectivity index (χ1n) is 6.48. The van der Waals surface area contributed by atoms with Crippen LogP contribution in [0.15, 0.2) is 0 Å². The Labute approximate surface area is 101 Å². The van der Waals surface area contributed by atoms with Crippen LogP contribution in [0.2, 0.25) is 0 Å². The molecule has 1 saturated heterocycles. The van der Waals surface area contributed by atoms with Crippen molar-refractivity contribution in [3.63, 3.8) is 0 Å². The van der Waals surface area contributed by atoms with Crippen LogP contribution in [-0.2, 0) is 14.3 Å². The van der Waals surface area contributed by atoms with E-state index in [0.29, 0.717) is 25.6 Å². The molecule has 3 saturated carbocycles. The molecule has 1 spiro atoms. The summed E-state index contributed by atoms with van der Waals surface area (Å²) in [6.07, 6.45) is 2.46.